The predicted octanol–water partition coefficient (Wildman–Crippen LogP) is 4.24. The van der Waals surface area contributed by atoms with Gasteiger partial charge in [-0.1, -0.05) is 35.7 Å². The van der Waals surface area contributed by atoms with Crippen molar-refractivity contribution in [2.75, 3.05) is 11.9 Å². The van der Waals surface area contributed by atoms with E-state index >= 15 is 0 Å². The molecule has 0 saturated heterocycles. The van der Waals surface area contributed by atoms with Crippen LogP contribution in [-0.4, -0.2) is 12.5 Å². The Morgan fingerprint density at radius 2 is 2.05 bits per heavy atom. The molecule has 1 rings (SSSR count). The molecule has 0 radical (unpaired) electrons. The SMILES string of the molecule is CCCC(CCN)CCC(=O)Nc1cc(C)cc(Br)c1. The fourth-order valence-corrected chi connectivity index (χ4v) is 3.05. The fraction of sp³-hybridized carbons (Fsp3) is 0.562. The summed E-state index contributed by atoms with van der Waals surface area (Å²) in [7, 11) is 0. The van der Waals surface area contributed by atoms with Gasteiger partial charge in [0.15, 0.2) is 0 Å². The summed E-state index contributed by atoms with van der Waals surface area (Å²) in [5.41, 5.74) is 7.60. The Kier molecular flexibility index (Phi) is 7.85. The molecule has 0 aliphatic heterocycles. The van der Waals surface area contributed by atoms with Crippen molar-refractivity contribution < 1.29 is 4.79 Å². The molecule has 1 unspecified atom stereocenters. The molecule has 1 aromatic rings. The first-order chi connectivity index (χ1) is 9.55. The average molecular weight is 341 g/mol. The molecule has 1 aromatic carbocycles. The topological polar surface area (TPSA) is 55.1 Å². The number of hydrogen-bond donors (Lipinski definition) is 2. The zero-order chi connectivity index (χ0) is 15.0. The van der Waals surface area contributed by atoms with Crippen LogP contribution in [0, 0.1) is 12.8 Å². The first-order valence-electron chi connectivity index (χ1n) is 7.32. The Bertz CT molecular complexity index is 408. The van der Waals surface area contributed by atoms with E-state index in [4.69, 9.17) is 5.73 Å². The summed E-state index contributed by atoms with van der Waals surface area (Å²) in [5, 5.41) is 2.96. The summed E-state index contributed by atoms with van der Waals surface area (Å²) in [6.45, 7) is 4.89. The van der Waals surface area contributed by atoms with Gasteiger partial charge in [-0.25, -0.2) is 0 Å². The number of nitrogens with two attached hydrogens (primary N) is 1. The average Bonchev–Trinajstić information content (AvgIpc) is 2.35. The van der Waals surface area contributed by atoms with Crippen molar-refractivity contribution in [1.29, 1.82) is 0 Å². The van der Waals surface area contributed by atoms with E-state index in [9.17, 15) is 4.79 Å². The van der Waals surface area contributed by atoms with E-state index in [1.807, 2.05) is 25.1 Å². The normalized spacial score (nSPS) is 12.2. The van der Waals surface area contributed by atoms with Gasteiger partial charge in [-0.3, -0.25) is 4.79 Å². The molecule has 0 bridgehead atoms. The zero-order valence-electron chi connectivity index (χ0n) is 12.4. The van der Waals surface area contributed by atoms with Gasteiger partial charge in [0.1, 0.15) is 0 Å². The number of nitrogens with one attached hydrogen (secondary N) is 1. The highest BCUT2D eigenvalue weighted by Gasteiger charge is 2.10. The third kappa shape index (κ3) is 6.53. The minimum atomic E-state index is 0.0839. The molecular weight excluding hydrogens is 316 g/mol. The number of carbonyl (C=O) groups excluding carboxylic acids is 1. The second kappa shape index (κ2) is 9.14. The maximum atomic E-state index is 12.0. The number of halogens is 1. The lowest BCUT2D eigenvalue weighted by molar-refractivity contribution is -0.116. The van der Waals surface area contributed by atoms with Crippen LogP contribution >= 0.6 is 15.9 Å². The van der Waals surface area contributed by atoms with Crippen molar-refractivity contribution >= 4 is 27.5 Å². The van der Waals surface area contributed by atoms with Crippen molar-refractivity contribution in [3.8, 4) is 0 Å². The van der Waals surface area contributed by atoms with Crippen molar-refractivity contribution in [3.05, 3.63) is 28.2 Å². The Morgan fingerprint density at radius 1 is 1.30 bits per heavy atom. The van der Waals surface area contributed by atoms with Crippen LogP contribution in [-0.2, 0) is 4.79 Å². The molecule has 20 heavy (non-hydrogen) atoms. The summed E-state index contributed by atoms with van der Waals surface area (Å²) in [6, 6.07) is 5.93. The quantitative estimate of drug-likeness (QED) is 0.743. The summed E-state index contributed by atoms with van der Waals surface area (Å²) in [6.07, 6.45) is 4.80. The Balaban J connectivity index is 2.46. The van der Waals surface area contributed by atoms with Gasteiger partial charge in [-0.05, 0) is 56.0 Å². The molecule has 0 aromatic heterocycles. The molecule has 112 valence electrons. The Labute approximate surface area is 130 Å². The number of rotatable bonds is 8. The maximum absolute atomic E-state index is 12.0. The van der Waals surface area contributed by atoms with Crippen molar-refractivity contribution in [2.45, 2.75) is 46.0 Å². The Morgan fingerprint density at radius 3 is 2.65 bits per heavy atom. The smallest absolute Gasteiger partial charge is 0.224 e. The number of anilines is 1. The standard InChI is InChI=1S/C16H25BrN2O/c1-3-4-13(7-8-18)5-6-16(20)19-15-10-12(2)9-14(17)11-15/h9-11,13H,3-8,18H2,1-2H3,(H,19,20). The van der Waals surface area contributed by atoms with Gasteiger partial charge in [0.2, 0.25) is 5.91 Å². The van der Waals surface area contributed by atoms with Gasteiger partial charge in [0.05, 0.1) is 0 Å². The molecule has 0 fully saturated rings. The molecule has 1 atom stereocenters. The van der Waals surface area contributed by atoms with Crippen molar-refractivity contribution in [2.24, 2.45) is 11.7 Å². The van der Waals surface area contributed by atoms with Crippen LogP contribution in [0.1, 0.15) is 44.6 Å². The summed E-state index contributed by atoms with van der Waals surface area (Å²) < 4.78 is 0.986. The van der Waals surface area contributed by atoms with Gasteiger partial charge in [-0.2, -0.15) is 0 Å². The number of carbonyl (C=O) groups is 1. The van der Waals surface area contributed by atoms with E-state index in [1.165, 1.54) is 0 Å². The van der Waals surface area contributed by atoms with Gasteiger partial charge in [0, 0.05) is 16.6 Å². The summed E-state index contributed by atoms with van der Waals surface area (Å²) in [5.74, 6) is 0.653. The first-order valence-corrected chi connectivity index (χ1v) is 8.11. The van der Waals surface area contributed by atoms with Gasteiger partial charge < -0.3 is 11.1 Å². The third-order valence-electron chi connectivity index (χ3n) is 3.38. The molecule has 4 heteroatoms. The second-order valence-electron chi connectivity index (χ2n) is 5.34. The highest BCUT2D eigenvalue weighted by Crippen LogP contribution is 2.21. The lowest BCUT2D eigenvalue weighted by Crippen LogP contribution is -2.15. The minimum Gasteiger partial charge on any atom is -0.330 e. The van der Waals surface area contributed by atoms with Crippen LogP contribution in [0.2, 0.25) is 0 Å². The Hall–Kier alpha value is -0.870. The molecule has 3 N–H and O–H groups in total. The van der Waals surface area contributed by atoms with Gasteiger partial charge in [0.25, 0.3) is 0 Å². The van der Waals surface area contributed by atoms with Crippen LogP contribution < -0.4 is 11.1 Å². The van der Waals surface area contributed by atoms with Crippen LogP contribution in [0.4, 0.5) is 5.69 Å². The van der Waals surface area contributed by atoms with E-state index in [1.54, 1.807) is 0 Å². The molecule has 1 amide bonds. The molecular formula is C16H25BrN2O. The van der Waals surface area contributed by atoms with Crippen molar-refractivity contribution in [1.82, 2.24) is 0 Å². The second-order valence-corrected chi connectivity index (χ2v) is 6.25. The lowest BCUT2D eigenvalue weighted by Gasteiger charge is -2.14. The van der Waals surface area contributed by atoms with Crippen LogP contribution in [0.15, 0.2) is 22.7 Å². The largest absolute Gasteiger partial charge is 0.330 e. The highest BCUT2D eigenvalue weighted by molar-refractivity contribution is 9.10. The molecule has 0 spiro atoms. The van der Waals surface area contributed by atoms with E-state index in [0.717, 1.165) is 41.4 Å². The summed E-state index contributed by atoms with van der Waals surface area (Å²) >= 11 is 3.44. The number of aryl methyl sites for hydroxylation is 1. The van der Waals surface area contributed by atoms with Crippen molar-refractivity contribution in [3.63, 3.8) is 0 Å². The fourth-order valence-electron chi connectivity index (χ4n) is 2.44. The summed E-state index contributed by atoms with van der Waals surface area (Å²) in [4.78, 5) is 12.0. The zero-order valence-corrected chi connectivity index (χ0v) is 14.0. The maximum Gasteiger partial charge on any atom is 0.224 e. The van der Waals surface area contributed by atoms with E-state index < -0.39 is 0 Å². The molecule has 0 aliphatic carbocycles. The number of hydrogen-bond acceptors (Lipinski definition) is 2. The van der Waals surface area contributed by atoms with Gasteiger partial charge in [-0.15, -0.1) is 0 Å². The van der Waals surface area contributed by atoms with Crippen LogP contribution in [0.3, 0.4) is 0 Å². The van der Waals surface area contributed by atoms with Gasteiger partial charge >= 0.3 is 0 Å². The number of benzene rings is 1. The minimum absolute atomic E-state index is 0.0839. The van der Waals surface area contributed by atoms with Crippen LogP contribution in [0.5, 0.6) is 0 Å². The first kappa shape index (κ1) is 17.2. The predicted molar refractivity (Wildman–Crippen MR) is 88.8 cm³/mol. The molecule has 0 heterocycles. The third-order valence-corrected chi connectivity index (χ3v) is 3.84. The monoisotopic (exact) mass is 340 g/mol. The molecule has 3 nitrogen and oxygen atoms in total. The van der Waals surface area contributed by atoms with Crippen LogP contribution in [0.25, 0.3) is 0 Å². The molecule has 0 saturated carbocycles. The van der Waals surface area contributed by atoms with E-state index in [-0.39, 0.29) is 5.91 Å². The molecule has 0 aliphatic rings. The van der Waals surface area contributed by atoms with E-state index in [2.05, 4.69) is 28.2 Å². The van der Waals surface area contributed by atoms with E-state index in [0.29, 0.717) is 18.9 Å². The number of amides is 1. The lowest BCUT2D eigenvalue weighted by atomic mass is 9.94. The highest BCUT2D eigenvalue weighted by atomic mass is 79.9.